The Morgan fingerprint density at radius 1 is 1.65 bits per heavy atom. The lowest BCUT2D eigenvalue weighted by Crippen LogP contribution is -2.19. The average molecular weight is 254 g/mol. The Morgan fingerprint density at radius 2 is 2.35 bits per heavy atom. The highest BCUT2D eigenvalue weighted by Gasteiger charge is 2.09. The first-order valence-electron chi connectivity index (χ1n) is 5.35. The second-order valence-corrected chi connectivity index (χ2v) is 4.83. The van der Waals surface area contributed by atoms with E-state index in [1.54, 1.807) is 17.8 Å². The van der Waals surface area contributed by atoms with Crippen LogP contribution in [-0.2, 0) is 0 Å². The van der Waals surface area contributed by atoms with E-state index in [0.29, 0.717) is 23.1 Å². The Morgan fingerprint density at radius 3 is 2.94 bits per heavy atom. The number of thioether (sulfide) groups is 1. The van der Waals surface area contributed by atoms with E-state index in [-0.39, 0.29) is 0 Å². The number of pyridine rings is 1. The van der Waals surface area contributed by atoms with Gasteiger partial charge < -0.3 is 16.8 Å². The van der Waals surface area contributed by atoms with Crippen LogP contribution in [-0.4, -0.2) is 28.9 Å². The zero-order valence-electron chi connectivity index (χ0n) is 10.1. The first-order valence-corrected chi connectivity index (χ1v) is 6.74. The van der Waals surface area contributed by atoms with E-state index in [9.17, 15) is 4.79 Å². The largest absolute Gasteiger partial charge is 0.397 e. The van der Waals surface area contributed by atoms with Crippen molar-refractivity contribution in [2.45, 2.75) is 19.4 Å². The molecule has 17 heavy (non-hydrogen) atoms. The van der Waals surface area contributed by atoms with Crippen LogP contribution in [0.25, 0.3) is 0 Å². The van der Waals surface area contributed by atoms with Crippen LogP contribution in [0.2, 0.25) is 0 Å². The molecular weight excluding hydrogens is 236 g/mol. The van der Waals surface area contributed by atoms with Gasteiger partial charge in [0.05, 0.1) is 17.4 Å². The van der Waals surface area contributed by atoms with Crippen LogP contribution in [0, 0.1) is 0 Å². The van der Waals surface area contributed by atoms with Crippen molar-refractivity contribution in [1.29, 1.82) is 0 Å². The minimum Gasteiger partial charge on any atom is -0.397 e. The van der Waals surface area contributed by atoms with Crippen molar-refractivity contribution in [3.63, 3.8) is 0 Å². The highest BCUT2D eigenvalue weighted by Crippen LogP contribution is 2.15. The highest BCUT2D eigenvalue weighted by atomic mass is 32.2. The fourth-order valence-electron chi connectivity index (χ4n) is 1.38. The summed E-state index contributed by atoms with van der Waals surface area (Å²) in [6.07, 6.45) is 4.54. The molecule has 1 atom stereocenters. The van der Waals surface area contributed by atoms with Gasteiger partial charge in [0.2, 0.25) is 0 Å². The average Bonchev–Trinajstić information content (AvgIpc) is 2.28. The Bertz CT molecular complexity index is 397. The fourth-order valence-corrected chi connectivity index (χ4v) is 1.97. The van der Waals surface area contributed by atoms with Gasteiger partial charge in [0.1, 0.15) is 5.82 Å². The molecule has 0 saturated heterocycles. The molecule has 1 heterocycles. The summed E-state index contributed by atoms with van der Waals surface area (Å²) in [7, 11) is 0. The molecule has 1 rings (SSSR count). The third-order valence-corrected chi connectivity index (χ3v) is 2.99. The van der Waals surface area contributed by atoms with Crippen LogP contribution < -0.4 is 16.8 Å². The molecule has 1 amide bonds. The number of amides is 1. The number of nitrogens with zero attached hydrogens (tertiary/aromatic N) is 1. The first-order chi connectivity index (χ1) is 8.04. The van der Waals surface area contributed by atoms with Gasteiger partial charge in [-0.2, -0.15) is 11.8 Å². The lowest BCUT2D eigenvalue weighted by molar-refractivity contribution is 0.100. The lowest BCUT2D eigenvalue weighted by atomic mass is 10.2. The Hall–Kier alpha value is -1.43. The minimum atomic E-state index is -0.537. The van der Waals surface area contributed by atoms with Gasteiger partial charge in [-0.25, -0.2) is 4.98 Å². The molecule has 1 unspecified atom stereocenters. The van der Waals surface area contributed by atoms with E-state index in [2.05, 4.69) is 23.5 Å². The molecule has 5 N–H and O–H groups in total. The maximum Gasteiger partial charge on any atom is 0.250 e. The zero-order chi connectivity index (χ0) is 12.8. The smallest absolute Gasteiger partial charge is 0.250 e. The molecule has 0 aliphatic heterocycles. The van der Waals surface area contributed by atoms with Gasteiger partial charge in [0, 0.05) is 6.04 Å². The third-order valence-electron chi connectivity index (χ3n) is 2.35. The fraction of sp³-hybridized carbons (Fsp3) is 0.455. The van der Waals surface area contributed by atoms with Crippen molar-refractivity contribution >= 4 is 29.2 Å². The van der Waals surface area contributed by atoms with Gasteiger partial charge in [0.25, 0.3) is 5.91 Å². The van der Waals surface area contributed by atoms with Crippen molar-refractivity contribution in [3.8, 4) is 0 Å². The molecular formula is C11H18N4OS. The van der Waals surface area contributed by atoms with Crippen LogP contribution in [0.4, 0.5) is 11.5 Å². The lowest BCUT2D eigenvalue weighted by Gasteiger charge is -2.14. The SMILES string of the molecule is CSCCC(C)Nc1cc(C(N)=O)c(N)cn1. The van der Waals surface area contributed by atoms with Gasteiger partial charge in [-0.15, -0.1) is 0 Å². The predicted octanol–water partition coefficient (Wildman–Crippen LogP) is 1.32. The van der Waals surface area contributed by atoms with Crippen LogP contribution in [0.1, 0.15) is 23.7 Å². The third kappa shape index (κ3) is 4.14. The van der Waals surface area contributed by atoms with E-state index in [4.69, 9.17) is 11.5 Å². The number of rotatable bonds is 6. The van der Waals surface area contributed by atoms with Gasteiger partial charge in [0.15, 0.2) is 0 Å². The van der Waals surface area contributed by atoms with E-state index >= 15 is 0 Å². The number of hydrogen-bond donors (Lipinski definition) is 3. The van der Waals surface area contributed by atoms with E-state index in [1.165, 1.54) is 6.20 Å². The van der Waals surface area contributed by atoms with Crippen molar-refractivity contribution < 1.29 is 4.79 Å². The number of carbonyl (C=O) groups is 1. The van der Waals surface area contributed by atoms with E-state index in [1.807, 2.05) is 0 Å². The number of anilines is 2. The number of aromatic nitrogens is 1. The second-order valence-electron chi connectivity index (χ2n) is 3.85. The number of nitrogen functional groups attached to an aromatic ring is 1. The number of carbonyl (C=O) groups excluding carboxylic acids is 1. The van der Waals surface area contributed by atoms with Crippen molar-refractivity contribution in [1.82, 2.24) is 4.98 Å². The summed E-state index contributed by atoms with van der Waals surface area (Å²) < 4.78 is 0. The maximum atomic E-state index is 11.1. The molecule has 0 radical (unpaired) electrons. The van der Waals surface area contributed by atoms with Gasteiger partial charge in [-0.3, -0.25) is 4.79 Å². The summed E-state index contributed by atoms with van der Waals surface area (Å²) in [5.74, 6) is 1.16. The number of primary amides is 1. The van der Waals surface area contributed by atoms with Gasteiger partial charge in [-0.05, 0) is 31.4 Å². The topological polar surface area (TPSA) is 94.0 Å². The van der Waals surface area contributed by atoms with Gasteiger partial charge >= 0.3 is 0 Å². The van der Waals surface area contributed by atoms with Crippen LogP contribution in [0.5, 0.6) is 0 Å². The van der Waals surface area contributed by atoms with E-state index in [0.717, 1.165) is 12.2 Å². The van der Waals surface area contributed by atoms with E-state index < -0.39 is 5.91 Å². The summed E-state index contributed by atoms with van der Waals surface area (Å²) in [6, 6.07) is 1.88. The molecule has 0 aromatic carbocycles. The second kappa shape index (κ2) is 6.34. The molecule has 1 aromatic rings. The monoisotopic (exact) mass is 254 g/mol. The molecule has 1 aromatic heterocycles. The summed E-state index contributed by atoms with van der Waals surface area (Å²) >= 11 is 1.80. The molecule has 0 spiro atoms. The van der Waals surface area contributed by atoms with Crippen molar-refractivity contribution in [3.05, 3.63) is 17.8 Å². The molecule has 0 bridgehead atoms. The van der Waals surface area contributed by atoms with Crippen LogP contribution in [0.15, 0.2) is 12.3 Å². The summed E-state index contributed by atoms with van der Waals surface area (Å²) in [5, 5.41) is 3.21. The minimum absolute atomic E-state index is 0.291. The molecule has 0 fully saturated rings. The van der Waals surface area contributed by atoms with Crippen LogP contribution >= 0.6 is 11.8 Å². The molecule has 0 saturated carbocycles. The standard InChI is InChI=1S/C11H18N4OS/c1-7(3-4-17-2)15-10-5-8(11(13)16)9(12)6-14-10/h5-7H,3-4,12H2,1-2H3,(H2,13,16)(H,14,15). The van der Waals surface area contributed by atoms with Crippen molar-refractivity contribution in [2.24, 2.45) is 5.73 Å². The Kier molecular flexibility index (Phi) is 5.09. The highest BCUT2D eigenvalue weighted by molar-refractivity contribution is 7.98. The van der Waals surface area contributed by atoms with Crippen LogP contribution in [0.3, 0.4) is 0 Å². The van der Waals surface area contributed by atoms with Gasteiger partial charge in [-0.1, -0.05) is 0 Å². The number of hydrogen-bond acceptors (Lipinski definition) is 5. The number of nitrogens with one attached hydrogen (secondary N) is 1. The molecule has 94 valence electrons. The normalized spacial score (nSPS) is 12.1. The number of nitrogens with two attached hydrogens (primary N) is 2. The maximum absolute atomic E-state index is 11.1. The predicted molar refractivity (Wildman–Crippen MR) is 73.3 cm³/mol. The summed E-state index contributed by atoms with van der Waals surface area (Å²) in [4.78, 5) is 15.2. The Labute approximate surface area is 105 Å². The molecule has 6 heteroatoms. The first kappa shape index (κ1) is 13.6. The molecule has 5 nitrogen and oxygen atoms in total. The molecule has 0 aliphatic carbocycles. The summed E-state index contributed by atoms with van der Waals surface area (Å²) in [6.45, 7) is 2.07. The zero-order valence-corrected chi connectivity index (χ0v) is 10.9. The quantitative estimate of drug-likeness (QED) is 0.711. The molecule has 0 aliphatic rings. The summed E-state index contributed by atoms with van der Waals surface area (Å²) in [5.41, 5.74) is 11.4. The Balaban J connectivity index is 2.72. The van der Waals surface area contributed by atoms with Crippen molar-refractivity contribution in [2.75, 3.05) is 23.1 Å².